The predicted molar refractivity (Wildman–Crippen MR) is 128 cm³/mol. The van der Waals surface area contributed by atoms with Gasteiger partial charge < -0.3 is 15.2 Å². The van der Waals surface area contributed by atoms with E-state index in [0.29, 0.717) is 23.1 Å². The average molecular weight is 452 g/mol. The molecule has 0 fully saturated rings. The Kier molecular flexibility index (Phi) is 8.05. The van der Waals surface area contributed by atoms with E-state index in [1.807, 2.05) is 74.7 Å². The highest BCUT2D eigenvalue weighted by atomic mass is 32.2. The van der Waals surface area contributed by atoms with Gasteiger partial charge in [-0.25, -0.2) is 0 Å². The number of nitrogens with one attached hydrogen (secondary N) is 2. The Hall–Kier alpha value is -3.13. The Labute approximate surface area is 193 Å². The maximum atomic E-state index is 12.7. The molecule has 1 atom stereocenters. The molecule has 0 radical (unpaired) electrons. The van der Waals surface area contributed by atoms with Crippen LogP contribution in [0.25, 0.3) is 0 Å². The molecule has 8 heteroatoms. The molecule has 0 aliphatic carbocycles. The summed E-state index contributed by atoms with van der Waals surface area (Å²) < 4.78 is 1.96. The molecule has 168 valence electrons. The van der Waals surface area contributed by atoms with Crippen molar-refractivity contribution in [2.24, 2.45) is 5.92 Å². The number of benzene rings is 2. The summed E-state index contributed by atoms with van der Waals surface area (Å²) in [5.41, 5.74) is 2.51. The predicted octanol–water partition coefficient (Wildman–Crippen LogP) is 4.46. The van der Waals surface area contributed by atoms with E-state index in [-0.39, 0.29) is 29.5 Å². The highest BCUT2D eigenvalue weighted by Crippen LogP contribution is 2.25. The molecule has 3 rings (SSSR count). The highest BCUT2D eigenvalue weighted by molar-refractivity contribution is 7.99. The van der Waals surface area contributed by atoms with Crippen molar-refractivity contribution < 1.29 is 9.59 Å². The third-order valence-electron chi connectivity index (χ3n) is 5.00. The summed E-state index contributed by atoms with van der Waals surface area (Å²) in [6, 6.07) is 16.5. The molecule has 2 aromatic carbocycles. The molecule has 7 nitrogen and oxygen atoms in total. The van der Waals surface area contributed by atoms with Gasteiger partial charge in [0, 0.05) is 17.8 Å². The minimum atomic E-state index is -0.300. The van der Waals surface area contributed by atoms with Crippen molar-refractivity contribution in [3.63, 3.8) is 0 Å². The quantitative estimate of drug-likeness (QED) is 0.469. The molecule has 0 saturated heterocycles. The van der Waals surface area contributed by atoms with Crippen molar-refractivity contribution in [3.8, 4) is 0 Å². The number of carbonyl (C=O) groups excluding carboxylic acids is 2. The van der Waals surface area contributed by atoms with E-state index in [1.54, 1.807) is 12.1 Å². The van der Waals surface area contributed by atoms with Crippen LogP contribution in [0, 0.1) is 12.8 Å². The third kappa shape index (κ3) is 5.97. The van der Waals surface area contributed by atoms with Crippen LogP contribution >= 0.6 is 11.8 Å². The lowest BCUT2D eigenvalue weighted by Gasteiger charge is -2.22. The van der Waals surface area contributed by atoms with E-state index >= 15 is 0 Å². The standard InChI is InChI=1S/C24H29N5O2S/c1-5-29-22(21(16(2)3)26-23(31)18-9-7-6-8-10-18)27-28-24(29)32-15-20(30)25-19-13-11-17(4)12-14-19/h6-14,16,21H,5,15H2,1-4H3,(H,25,30)(H,26,31)/t21-/m1/s1. The topological polar surface area (TPSA) is 88.9 Å². The van der Waals surface area contributed by atoms with E-state index in [9.17, 15) is 9.59 Å². The summed E-state index contributed by atoms with van der Waals surface area (Å²) >= 11 is 1.33. The first-order chi connectivity index (χ1) is 15.4. The molecule has 1 aromatic heterocycles. The van der Waals surface area contributed by atoms with E-state index < -0.39 is 0 Å². The van der Waals surface area contributed by atoms with Gasteiger partial charge in [0.15, 0.2) is 11.0 Å². The van der Waals surface area contributed by atoms with Crippen LogP contribution in [0.2, 0.25) is 0 Å². The maximum Gasteiger partial charge on any atom is 0.251 e. The fourth-order valence-electron chi connectivity index (χ4n) is 3.24. The first-order valence-corrected chi connectivity index (χ1v) is 11.7. The van der Waals surface area contributed by atoms with E-state index in [2.05, 4.69) is 20.8 Å². The lowest BCUT2D eigenvalue weighted by atomic mass is 10.0. The summed E-state index contributed by atoms with van der Waals surface area (Å²) in [6.07, 6.45) is 0. The van der Waals surface area contributed by atoms with Crippen LogP contribution in [0.3, 0.4) is 0 Å². The Morgan fingerprint density at radius 1 is 1.03 bits per heavy atom. The van der Waals surface area contributed by atoms with E-state index in [4.69, 9.17) is 0 Å². The minimum absolute atomic E-state index is 0.108. The van der Waals surface area contributed by atoms with Gasteiger partial charge >= 0.3 is 0 Å². The van der Waals surface area contributed by atoms with Gasteiger partial charge in [-0.3, -0.25) is 9.59 Å². The summed E-state index contributed by atoms with van der Waals surface area (Å²) in [6.45, 7) is 8.70. The molecule has 0 bridgehead atoms. The largest absolute Gasteiger partial charge is 0.342 e. The second kappa shape index (κ2) is 10.9. The van der Waals surface area contributed by atoms with Crippen molar-refractivity contribution >= 4 is 29.3 Å². The number of rotatable bonds is 9. The fraction of sp³-hybridized carbons (Fsp3) is 0.333. The first kappa shape index (κ1) is 23.5. The number of nitrogens with zero attached hydrogens (tertiary/aromatic N) is 3. The molecule has 32 heavy (non-hydrogen) atoms. The van der Waals surface area contributed by atoms with Crippen LogP contribution in [0.5, 0.6) is 0 Å². The van der Waals surface area contributed by atoms with Gasteiger partial charge in [-0.15, -0.1) is 10.2 Å². The zero-order chi connectivity index (χ0) is 23.1. The lowest BCUT2D eigenvalue weighted by molar-refractivity contribution is -0.113. The van der Waals surface area contributed by atoms with E-state index in [1.165, 1.54) is 11.8 Å². The number of carbonyl (C=O) groups is 2. The molecule has 0 unspecified atom stereocenters. The number of aromatic nitrogens is 3. The maximum absolute atomic E-state index is 12.7. The van der Waals surface area contributed by atoms with Crippen LogP contribution in [-0.4, -0.2) is 32.3 Å². The van der Waals surface area contributed by atoms with Gasteiger partial charge in [-0.05, 0) is 44.0 Å². The Bertz CT molecular complexity index is 1050. The van der Waals surface area contributed by atoms with Crippen LogP contribution in [-0.2, 0) is 11.3 Å². The second-order valence-electron chi connectivity index (χ2n) is 7.85. The molecule has 3 aromatic rings. The first-order valence-electron chi connectivity index (χ1n) is 10.7. The van der Waals surface area contributed by atoms with Crippen molar-refractivity contribution in [1.82, 2.24) is 20.1 Å². The molecule has 2 amide bonds. The third-order valence-corrected chi connectivity index (χ3v) is 5.96. The summed E-state index contributed by atoms with van der Waals surface area (Å²) in [7, 11) is 0. The van der Waals surface area contributed by atoms with Crippen LogP contribution in [0.4, 0.5) is 5.69 Å². The second-order valence-corrected chi connectivity index (χ2v) is 8.79. The van der Waals surface area contributed by atoms with Crippen molar-refractivity contribution in [1.29, 1.82) is 0 Å². The van der Waals surface area contributed by atoms with Crippen molar-refractivity contribution in [2.75, 3.05) is 11.1 Å². The van der Waals surface area contributed by atoms with Gasteiger partial charge in [0.05, 0.1) is 11.8 Å². The number of thioether (sulfide) groups is 1. The summed E-state index contributed by atoms with van der Waals surface area (Å²) in [5.74, 6) is 0.757. The minimum Gasteiger partial charge on any atom is -0.342 e. The van der Waals surface area contributed by atoms with Gasteiger partial charge in [0.2, 0.25) is 5.91 Å². The zero-order valence-electron chi connectivity index (χ0n) is 18.8. The molecular weight excluding hydrogens is 422 g/mol. The molecular formula is C24H29N5O2S. The van der Waals surface area contributed by atoms with Gasteiger partial charge in [0.1, 0.15) is 0 Å². The van der Waals surface area contributed by atoms with Gasteiger partial charge in [-0.1, -0.05) is 61.5 Å². The van der Waals surface area contributed by atoms with Crippen molar-refractivity contribution in [2.45, 2.75) is 45.4 Å². The molecule has 0 aliphatic rings. The van der Waals surface area contributed by atoms with E-state index in [0.717, 1.165) is 11.3 Å². The highest BCUT2D eigenvalue weighted by Gasteiger charge is 2.26. The fourth-order valence-corrected chi connectivity index (χ4v) is 4.05. The monoisotopic (exact) mass is 451 g/mol. The van der Waals surface area contributed by atoms with Crippen LogP contribution < -0.4 is 10.6 Å². The number of amides is 2. The number of aryl methyl sites for hydroxylation is 1. The normalized spacial score (nSPS) is 11.9. The number of anilines is 1. The summed E-state index contributed by atoms with van der Waals surface area (Å²) in [5, 5.41) is 15.3. The molecule has 0 aliphatic heterocycles. The lowest BCUT2D eigenvalue weighted by Crippen LogP contribution is -2.33. The molecule has 2 N–H and O–H groups in total. The number of hydrogen-bond donors (Lipinski definition) is 2. The van der Waals surface area contributed by atoms with Crippen molar-refractivity contribution in [3.05, 3.63) is 71.5 Å². The molecule has 0 saturated carbocycles. The van der Waals surface area contributed by atoms with Gasteiger partial charge in [-0.2, -0.15) is 0 Å². The number of hydrogen-bond acceptors (Lipinski definition) is 5. The average Bonchev–Trinajstić information content (AvgIpc) is 3.20. The zero-order valence-corrected chi connectivity index (χ0v) is 19.6. The SMILES string of the molecule is CCn1c(SCC(=O)Nc2ccc(C)cc2)nnc1[C@H](NC(=O)c1ccccc1)C(C)C. The molecule has 1 heterocycles. The van der Waals surface area contributed by atoms with Crippen LogP contribution in [0.15, 0.2) is 59.8 Å². The molecule has 0 spiro atoms. The Balaban J connectivity index is 1.69. The smallest absolute Gasteiger partial charge is 0.251 e. The van der Waals surface area contributed by atoms with Gasteiger partial charge in [0.25, 0.3) is 5.91 Å². The van der Waals surface area contributed by atoms with Crippen LogP contribution in [0.1, 0.15) is 48.6 Å². The summed E-state index contributed by atoms with van der Waals surface area (Å²) in [4.78, 5) is 25.1. The Morgan fingerprint density at radius 3 is 2.34 bits per heavy atom. The Morgan fingerprint density at radius 2 is 1.72 bits per heavy atom.